The first-order valence-electron chi connectivity index (χ1n) is 7.53. The van der Waals surface area contributed by atoms with Gasteiger partial charge in [0.1, 0.15) is 16.8 Å². The van der Waals surface area contributed by atoms with Gasteiger partial charge >= 0.3 is 0 Å². The number of nitrogens with two attached hydrogens (primary N) is 1. The van der Waals surface area contributed by atoms with Crippen LogP contribution in [-0.4, -0.2) is 44.4 Å². The molecule has 0 radical (unpaired) electrons. The molecule has 2 rings (SSSR count). The molecule has 0 bridgehead atoms. The van der Waals surface area contributed by atoms with E-state index in [2.05, 4.69) is 4.72 Å². The maximum Gasteiger partial charge on any atom is 0.244 e. The number of carbonyl (C=O) groups is 1. The highest BCUT2D eigenvalue weighted by molar-refractivity contribution is 7.89. The third-order valence-electron chi connectivity index (χ3n) is 3.88. The fraction of sp³-hybridized carbons (Fsp3) is 0.533. The highest BCUT2D eigenvalue weighted by Gasteiger charge is 2.34. The first kappa shape index (κ1) is 20.8. The van der Waals surface area contributed by atoms with Crippen molar-refractivity contribution in [3.05, 3.63) is 30.1 Å². The van der Waals surface area contributed by atoms with E-state index in [1.165, 1.54) is 18.2 Å². The van der Waals surface area contributed by atoms with Gasteiger partial charge in [0.15, 0.2) is 0 Å². The highest BCUT2D eigenvalue weighted by Crippen LogP contribution is 2.18. The van der Waals surface area contributed by atoms with E-state index in [9.17, 15) is 17.6 Å². The molecular weight excluding hydrogens is 357 g/mol. The number of rotatable bonds is 5. The number of sulfonamides is 1. The van der Waals surface area contributed by atoms with E-state index in [0.717, 1.165) is 6.07 Å². The van der Waals surface area contributed by atoms with Gasteiger partial charge in [0, 0.05) is 19.1 Å². The molecule has 1 heterocycles. The Morgan fingerprint density at radius 3 is 2.50 bits per heavy atom. The van der Waals surface area contributed by atoms with Gasteiger partial charge in [-0.25, -0.2) is 12.8 Å². The van der Waals surface area contributed by atoms with Crippen molar-refractivity contribution < 1.29 is 17.6 Å². The van der Waals surface area contributed by atoms with E-state index in [4.69, 9.17) is 5.73 Å². The Labute approximate surface area is 148 Å². The number of hydrogen-bond acceptors (Lipinski definition) is 4. The van der Waals surface area contributed by atoms with E-state index in [0.29, 0.717) is 19.5 Å². The van der Waals surface area contributed by atoms with Crippen molar-refractivity contribution in [3.8, 4) is 0 Å². The molecule has 9 heteroatoms. The Morgan fingerprint density at radius 1 is 1.38 bits per heavy atom. The summed E-state index contributed by atoms with van der Waals surface area (Å²) in [6.07, 6.45) is 0.691. The molecule has 6 nitrogen and oxygen atoms in total. The van der Waals surface area contributed by atoms with Crippen molar-refractivity contribution in [2.24, 2.45) is 11.7 Å². The van der Waals surface area contributed by atoms with Gasteiger partial charge in [-0.05, 0) is 24.5 Å². The van der Waals surface area contributed by atoms with Crippen molar-refractivity contribution in [2.45, 2.75) is 37.2 Å². The SMILES string of the molecule is CC(C)C(NS(=O)(=O)c1ccccc1F)C(=O)N1CC[C@@H](N)C1.Cl. The summed E-state index contributed by atoms with van der Waals surface area (Å²) in [5, 5.41) is 0. The Bertz CT molecular complexity index is 684. The Hall–Kier alpha value is -1.22. The predicted molar refractivity (Wildman–Crippen MR) is 91.8 cm³/mol. The van der Waals surface area contributed by atoms with Gasteiger partial charge in [-0.15, -0.1) is 12.4 Å². The minimum absolute atomic E-state index is 0. The second-order valence-electron chi connectivity index (χ2n) is 6.11. The highest BCUT2D eigenvalue weighted by atomic mass is 35.5. The number of amides is 1. The van der Waals surface area contributed by atoms with Gasteiger partial charge in [0.2, 0.25) is 15.9 Å². The van der Waals surface area contributed by atoms with Crippen molar-refractivity contribution in [3.63, 3.8) is 0 Å². The zero-order chi connectivity index (χ0) is 17.2. The van der Waals surface area contributed by atoms with Crippen LogP contribution >= 0.6 is 12.4 Å². The van der Waals surface area contributed by atoms with Crippen LogP contribution in [0.4, 0.5) is 4.39 Å². The van der Waals surface area contributed by atoms with Crippen molar-refractivity contribution >= 4 is 28.3 Å². The summed E-state index contributed by atoms with van der Waals surface area (Å²) in [5.41, 5.74) is 5.80. The molecular formula is C15H23ClFN3O3S. The van der Waals surface area contributed by atoms with Gasteiger partial charge in [-0.1, -0.05) is 26.0 Å². The largest absolute Gasteiger partial charge is 0.340 e. The van der Waals surface area contributed by atoms with Gasteiger partial charge in [-0.2, -0.15) is 4.72 Å². The lowest BCUT2D eigenvalue weighted by atomic mass is 10.0. The molecule has 1 aliphatic heterocycles. The average molecular weight is 380 g/mol. The number of benzene rings is 1. The summed E-state index contributed by atoms with van der Waals surface area (Å²) >= 11 is 0. The first-order chi connectivity index (χ1) is 10.7. The molecule has 0 saturated carbocycles. The summed E-state index contributed by atoms with van der Waals surface area (Å²) in [6.45, 7) is 4.39. The van der Waals surface area contributed by atoms with Crippen LogP contribution in [0.25, 0.3) is 0 Å². The molecule has 136 valence electrons. The standard InChI is InChI=1S/C15H22FN3O3S.ClH/c1-10(2)14(15(20)19-8-7-11(17)9-19)18-23(21,22)13-6-4-3-5-12(13)16;/h3-6,10-11,14,18H,7-9,17H2,1-2H3;1H/t11-,14?;/m1./s1. The number of nitrogens with zero attached hydrogens (tertiary/aromatic N) is 1. The van der Waals surface area contributed by atoms with Crippen LogP contribution < -0.4 is 10.5 Å². The molecule has 1 aromatic carbocycles. The lowest BCUT2D eigenvalue weighted by Gasteiger charge is -2.26. The molecule has 0 spiro atoms. The Balaban J connectivity index is 0.00000288. The van der Waals surface area contributed by atoms with E-state index < -0.39 is 26.8 Å². The van der Waals surface area contributed by atoms with E-state index in [-0.39, 0.29) is 30.3 Å². The van der Waals surface area contributed by atoms with Crippen LogP contribution in [0.3, 0.4) is 0 Å². The number of halogens is 2. The van der Waals surface area contributed by atoms with E-state index in [1.807, 2.05) is 0 Å². The molecule has 3 N–H and O–H groups in total. The number of likely N-dealkylation sites (tertiary alicyclic amines) is 1. The number of carbonyl (C=O) groups excluding carboxylic acids is 1. The smallest absolute Gasteiger partial charge is 0.244 e. The fourth-order valence-corrected chi connectivity index (χ4v) is 3.97. The van der Waals surface area contributed by atoms with Gasteiger partial charge in [0.05, 0.1) is 0 Å². The minimum Gasteiger partial charge on any atom is -0.340 e. The monoisotopic (exact) mass is 379 g/mol. The Morgan fingerprint density at radius 2 is 2.00 bits per heavy atom. The maximum atomic E-state index is 13.8. The zero-order valence-electron chi connectivity index (χ0n) is 13.6. The summed E-state index contributed by atoms with van der Waals surface area (Å²) in [7, 11) is -4.13. The van der Waals surface area contributed by atoms with Crippen LogP contribution in [0.5, 0.6) is 0 Å². The second kappa shape index (κ2) is 8.24. The molecule has 1 unspecified atom stereocenters. The third kappa shape index (κ3) is 4.66. The van der Waals surface area contributed by atoms with Crippen LogP contribution in [0.2, 0.25) is 0 Å². The molecule has 2 atom stereocenters. The fourth-order valence-electron chi connectivity index (χ4n) is 2.55. The van der Waals surface area contributed by atoms with Gasteiger partial charge in [-0.3, -0.25) is 4.79 Å². The first-order valence-corrected chi connectivity index (χ1v) is 9.02. The topological polar surface area (TPSA) is 92.5 Å². The van der Waals surface area contributed by atoms with E-state index in [1.54, 1.807) is 18.7 Å². The van der Waals surface area contributed by atoms with Gasteiger partial charge in [0.25, 0.3) is 0 Å². The molecule has 1 aliphatic rings. The molecule has 1 amide bonds. The quantitative estimate of drug-likeness (QED) is 0.801. The van der Waals surface area contributed by atoms with Crippen molar-refractivity contribution in [2.75, 3.05) is 13.1 Å². The molecule has 0 aliphatic carbocycles. The summed E-state index contributed by atoms with van der Waals surface area (Å²) in [5.74, 6) is -1.45. The normalized spacial score (nSPS) is 19.2. The lowest BCUT2D eigenvalue weighted by molar-refractivity contribution is -0.133. The third-order valence-corrected chi connectivity index (χ3v) is 5.35. The maximum absolute atomic E-state index is 13.8. The number of hydrogen-bond donors (Lipinski definition) is 2. The molecule has 1 fully saturated rings. The van der Waals surface area contributed by atoms with E-state index >= 15 is 0 Å². The molecule has 0 aromatic heterocycles. The minimum atomic E-state index is -4.13. The summed E-state index contributed by atoms with van der Waals surface area (Å²) in [4.78, 5) is 13.7. The average Bonchev–Trinajstić information content (AvgIpc) is 2.91. The van der Waals surface area contributed by atoms with Crippen molar-refractivity contribution in [1.29, 1.82) is 0 Å². The van der Waals surface area contributed by atoms with Gasteiger partial charge < -0.3 is 10.6 Å². The zero-order valence-corrected chi connectivity index (χ0v) is 15.2. The van der Waals surface area contributed by atoms with Crippen LogP contribution in [0.15, 0.2) is 29.2 Å². The molecule has 24 heavy (non-hydrogen) atoms. The Kier molecular flexibility index (Phi) is 7.15. The summed E-state index contributed by atoms with van der Waals surface area (Å²) in [6, 6.07) is 4.04. The van der Waals surface area contributed by atoms with Crippen LogP contribution in [0, 0.1) is 11.7 Å². The predicted octanol–water partition coefficient (Wildman–Crippen LogP) is 1.11. The molecule has 1 aromatic rings. The van der Waals surface area contributed by atoms with Crippen LogP contribution in [-0.2, 0) is 14.8 Å². The summed E-state index contributed by atoms with van der Waals surface area (Å²) < 4.78 is 40.9. The lowest BCUT2D eigenvalue weighted by Crippen LogP contribution is -2.51. The van der Waals surface area contributed by atoms with Crippen molar-refractivity contribution in [1.82, 2.24) is 9.62 Å². The van der Waals surface area contributed by atoms with Crippen LogP contribution in [0.1, 0.15) is 20.3 Å². The molecule has 1 saturated heterocycles. The number of nitrogens with one attached hydrogen (secondary N) is 1. The second-order valence-corrected chi connectivity index (χ2v) is 7.79.